The molecule has 5 N–H and O–H groups in total. The van der Waals surface area contributed by atoms with Crippen LogP contribution in [0.25, 0.3) is 0 Å². The lowest BCUT2D eigenvalue weighted by Gasteiger charge is -2.15. The van der Waals surface area contributed by atoms with Gasteiger partial charge in [0.1, 0.15) is 0 Å². The molecule has 1 heterocycles. The second-order valence-corrected chi connectivity index (χ2v) is 5.97. The van der Waals surface area contributed by atoms with Gasteiger partial charge in [-0.15, -0.1) is 0 Å². The van der Waals surface area contributed by atoms with E-state index in [1.54, 1.807) is 18.5 Å². The maximum Gasteiger partial charge on any atom is 0.225 e. The second-order valence-electron chi connectivity index (χ2n) is 5.97. The smallest absolute Gasteiger partial charge is 0.225 e. The summed E-state index contributed by atoms with van der Waals surface area (Å²) < 4.78 is 0. The van der Waals surface area contributed by atoms with Gasteiger partial charge in [-0.2, -0.15) is 0 Å². The highest BCUT2D eigenvalue weighted by atomic mass is 16.2. The first-order valence-corrected chi connectivity index (χ1v) is 8.37. The van der Waals surface area contributed by atoms with Crippen molar-refractivity contribution in [2.45, 2.75) is 38.1 Å². The van der Waals surface area contributed by atoms with E-state index in [4.69, 9.17) is 11.5 Å². The Morgan fingerprint density at radius 3 is 2.60 bits per heavy atom. The minimum atomic E-state index is -0.417. The maximum atomic E-state index is 11.9. The normalized spacial score (nSPS) is 11.7. The van der Waals surface area contributed by atoms with Crippen molar-refractivity contribution >= 4 is 17.5 Å². The van der Waals surface area contributed by atoms with Crippen molar-refractivity contribution < 1.29 is 9.59 Å². The number of amides is 2. The van der Waals surface area contributed by atoms with Crippen LogP contribution in [0.4, 0.5) is 5.69 Å². The van der Waals surface area contributed by atoms with Crippen LogP contribution >= 0.6 is 0 Å². The number of carbonyl (C=O) groups excluding carboxylic acids is 2. The largest absolute Gasteiger partial charge is 0.398 e. The number of para-hydroxylation sites is 1. The molecule has 1 aromatic carbocycles. The minimum Gasteiger partial charge on any atom is -0.398 e. The lowest BCUT2D eigenvalue weighted by molar-refractivity contribution is -0.121. The van der Waals surface area contributed by atoms with Crippen molar-refractivity contribution in [3.05, 3.63) is 59.9 Å². The van der Waals surface area contributed by atoms with E-state index in [0.29, 0.717) is 31.5 Å². The fourth-order valence-electron chi connectivity index (χ4n) is 2.71. The number of primary amides is 1. The zero-order valence-corrected chi connectivity index (χ0v) is 14.2. The van der Waals surface area contributed by atoms with Gasteiger partial charge in [-0.1, -0.05) is 30.7 Å². The zero-order chi connectivity index (χ0) is 18.1. The molecule has 2 rings (SSSR count). The lowest BCUT2D eigenvalue weighted by atomic mass is 9.91. The first-order chi connectivity index (χ1) is 12.1. The number of hydrogen-bond acceptors (Lipinski definition) is 4. The molecule has 0 bridgehead atoms. The summed E-state index contributed by atoms with van der Waals surface area (Å²) in [5, 5.41) is 2.86. The fourth-order valence-corrected chi connectivity index (χ4v) is 2.71. The van der Waals surface area contributed by atoms with Gasteiger partial charge in [0.05, 0.1) is 5.92 Å². The summed E-state index contributed by atoms with van der Waals surface area (Å²) in [4.78, 5) is 27.6. The molecular formula is C19H24N4O2. The molecule has 0 saturated heterocycles. The molecule has 0 fully saturated rings. The predicted molar refractivity (Wildman–Crippen MR) is 97.3 cm³/mol. The van der Waals surface area contributed by atoms with Crippen LogP contribution in [0.2, 0.25) is 0 Å². The van der Waals surface area contributed by atoms with E-state index >= 15 is 0 Å². The van der Waals surface area contributed by atoms with Gasteiger partial charge in [-0.05, 0) is 36.1 Å². The van der Waals surface area contributed by atoms with Crippen LogP contribution in [0, 0.1) is 0 Å². The van der Waals surface area contributed by atoms with Crippen LogP contribution < -0.4 is 16.8 Å². The Morgan fingerprint density at radius 1 is 1.12 bits per heavy atom. The highest BCUT2D eigenvalue weighted by Crippen LogP contribution is 2.26. The SMILES string of the molecule is NC(=O)C(CCCCC(=O)NCc1cccnc1)c1ccccc1N. The summed E-state index contributed by atoms with van der Waals surface area (Å²) in [5.41, 5.74) is 13.7. The number of carbonyl (C=O) groups is 2. The van der Waals surface area contributed by atoms with Crippen molar-refractivity contribution in [2.24, 2.45) is 5.73 Å². The van der Waals surface area contributed by atoms with E-state index in [1.165, 1.54) is 0 Å². The van der Waals surface area contributed by atoms with Gasteiger partial charge in [0.15, 0.2) is 0 Å². The summed E-state index contributed by atoms with van der Waals surface area (Å²) in [5.74, 6) is -0.822. The van der Waals surface area contributed by atoms with Gasteiger partial charge in [-0.3, -0.25) is 14.6 Å². The van der Waals surface area contributed by atoms with E-state index in [-0.39, 0.29) is 11.8 Å². The van der Waals surface area contributed by atoms with Crippen molar-refractivity contribution in [3.63, 3.8) is 0 Å². The molecule has 1 atom stereocenters. The molecule has 0 radical (unpaired) electrons. The molecule has 6 nitrogen and oxygen atoms in total. The Labute approximate surface area is 147 Å². The number of nitrogen functional groups attached to an aromatic ring is 1. The number of rotatable bonds is 9. The Morgan fingerprint density at radius 2 is 1.92 bits per heavy atom. The summed E-state index contributed by atoms with van der Waals surface area (Å²) >= 11 is 0. The second kappa shape index (κ2) is 9.42. The summed E-state index contributed by atoms with van der Waals surface area (Å²) in [6.07, 6.45) is 5.83. The predicted octanol–water partition coefficient (Wildman–Crippen LogP) is 2.11. The van der Waals surface area contributed by atoms with Crippen LogP contribution in [0.5, 0.6) is 0 Å². The van der Waals surface area contributed by atoms with E-state index in [9.17, 15) is 9.59 Å². The number of benzene rings is 1. The average molecular weight is 340 g/mol. The number of nitrogens with zero attached hydrogens (tertiary/aromatic N) is 1. The molecule has 6 heteroatoms. The standard InChI is InChI=1S/C19H24N4O2/c20-17-9-3-1-7-15(17)16(19(21)25)8-2-4-10-18(24)23-13-14-6-5-11-22-12-14/h1,3,5-7,9,11-12,16H,2,4,8,10,13,20H2,(H2,21,25)(H,23,24). The van der Waals surface area contributed by atoms with Crippen molar-refractivity contribution in [1.29, 1.82) is 0 Å². The number of unbranched alkanes of at least 4 members (excludes halogenated alkanes) is 1. The maximum absolute atomic E-state index is 11.9. The first kappa shape index (κ1) is 18.4. The van der Waals surface area contributed by atoms with Crippen LogP contribution in [-0.2, 0) is 16.1 Å². The average Bonchev–Trinajstić information content (AvgIpc) is 2.61. The fraction of sp³-hybridized carbons (Fsp3) is 0.316. The molecule has 0 aliphatic carbocycles. The van der Waals surface area contributed by atoms with Gasteiger partial charge in [0, 0.05) is 31.0 Å². The summed E-state index contributed by atoms with van der Waals surface area (Å²) in [6, 6.07) is 11.0. The molecule has 1 unspecified atom stereocenters. The van der Waals surface area contributed by atoms with Gasteiger partial charge < -0.3 is 16.8 Å². The van der Waals surface area contributed by atoms with E-state index < -0.39 is 5.92 Å². The van der Waals surface area contributed by atoms with Gasteiger partial charge in [-0.25, -0.2) is 0 Å². The van der Waals surface area contributed by atoms with Crippen molar-refractivity contribution in [2.75, 3.05) is 5.73 Å². The number of nitrogens with one attached hydrogen (secondary N) is 1. The third kappa shape index (κ3) is 5.91. The number of pyridine rings is 1. The Kier molecular flexibility index (Phi) is 6.95. The highest BCUT2D eigenvalue weighted by Gasteiger charge is 2.19. The molecule has 132 valence electrons. The Bertz CT molecular complexity index is 704. The molecule has 0 aliphatic rings. The van der Waals surface area contributed by atoms with E-state index in [1.807, 2.05) is 30.3 Å². The molecule has 0 spiro atoms. The molecule has 25 heavy (non-hydrogen) atoms. The Hall–Kier alpha value is -2.89. The van der Waals surface area contributed by atoms with E-state index in [2.05, 4.69) is 10.3 Å². The van der Waals surface area contributed by atoms with Gasteiger partial charge in [0.2, 0.25) is 11.8 Å². The molecule has 2 amide bonds. The molecule has 0 saturated carbocycles. The molecule has 2 aromatic rings. The molecule has 0 aliphatic heterocycles. The monoisotopic (exact) mass is 340 g/mol. The van der Waals surface area contributed by atoms with Gasteiger partial charge in [0.25, 0.3) is 0 Å². The number of aromatic nitrogens is 1. The minimum absolute atomic E-state index is 0.0151. The van der Waals surface area contributed by atoms with Crippen LogP contribution in [0.1, 0.15) is 42.7 Å². The number of anilines is 1. The summed E-state index contributed by atoms with van der Waals surface area (Å²) in [7, 11) is 0. The number of nitrogens with two attached hydrogens (primary N) is 2. The Balaban J connectivity index is 1.74. The van der Waals surface area contributed by atoms with Gasteiger partial charge >= 0.3 is 0 Å². The third-order valence-corrected chi connectivity index (χ3v) is 4.07. The quantitative estimate of drug-likeness (QED) is 0.479. The topological polar surface area (TPSA) is 111 Å². The van der Waals surface area contributed by atoms with Crippen molar-refractivity contribution in [1.82, 2.24) is 10.3 Å². The molecular weight excluding hydrogens is 316 g/mol. The molecule has 1 aromatic heterocycles. The highest BCUT2D eigenvalue weighted by molar-refractivity contribution is 5.83. The van der Waals surface area contributed by atoms with Crippen molar-refractivity contribution in [3.8, 4) is 0 Å². The van der Waals surface area contributed by atoms with Crippen LogP contribution in [-0.4, -0.2) is 16.8 Å². The van der Waals surface area contributed by atoms with Crippen LogP contribution in [0.15, 0.2) is 48.8 Å². The van der Waals surface area contributed by atoms with Crippen LogP contribution in [0.3, 0.4) is 0 Å². The zero-order valence-electron chi connectivity index (χ0n) is 14.2. The number of hydrogen-bond donors (Lipinski definition) is 3. The lowest BCUT2D eigenvalue weighted by Crippen LogP contribution is -2.23. The summed E-state index contributed by atoms with van der Waals surface area (Å²) in [6.45, 7) is 0.469. The van der Waals surface area contributed by atoms with E-state index in [0.717, 1.165) is 17.5 Å². The first-order valence-electron chi connectivity index (χ1n) is 8.37. The third-order valence-electron chi connectivity index (χ3n) is 4.07.